The topological polar surface area (TPSA) is 114 Å². The normalized spacial score (nSPS) is 11.2. The lowest BCUT2D eigenvalue weighted by atomic mass is 10.4. The number of nitrogens with one attached hydrogen (secondary N) is 2. The summed E-state index contributed by atoms with van der Waals surface area (Å²) in [4.78, 5) is 11.0. The van der Waals surface area contributed by atoms with Gasteiger partial charge in [-0.3, -0.25) is 4.79 Å². The van der Waals surface area contributed by atoms with Crippen LogP contribution in [0.15, 0.2) is 4.90 Å². The van der Waals surface area contributed by atoms with E-state index < -0.39 is 9.84 Å². The van der Waals surface area contributed by atoms with Gasteiger partial charge in [0.25, 0.3) is 0 Å². The van der Waals surface area contributed by atoms with Crippen LogP contribution in [0.5, 0.6) is 0 Å². The van der Waals surface area contributed by atoms with E-state index >= 15 is 0 Å². The maximum absolute atomic E-state index is 11.5. The zero-order chi connectivity index (χ0) is 13.1. The smallest absolute Gasteiger partial charge is 0.221 e. The van der Waals surface area contributed by atoms with Crippen molar-refractivity contribution in [3.63, 3.8) is 0 Å². The summed E-state index contributed by atoms with van der Waals surface area (Å²) < 4.78 is 26.7. The summed E-state index contributed by atoms with van der Waals surface area (Å²) in [6.07, 6.45) is 1.31. The van der Waals surface area contributed by atoms with Crippen molar-refractivity contribution in [1.29, 1.82) is 0 Å². The van der Waals surface area contributed by atoms with Crippen LogP contribution < -0.4 is 16.4 Å². The Labute approximate surface area is 103 Å². The van der Waals surface area contributed by atoms with Crippen molar-refractivity contribution in [1.82, 2.24) is 9.69 Å². The summed E-state index contributed by atoms with van der Waals surface area (Å²) in [5.41, 5.74) is 5.49. The molecule has 0 aliphatic heterocycles. The summed E-state index contributed by atoms with van der Waals surface area (Å²) in [7, 11) is -1.88. The van der Waals surface area contributed by atoms with Gasteiger partial charge in [0.1, 0.15) is 9.90 Å². The van der Waals surface area contributed by atoms with Gasteiger partial charge < -0.3 is 16.4 Å². The maximum atomic E-state index is 11.5. The monoisotopic (exact) mass is 278 g/mol. The molecule has 0 bridgehead atoms. The van der Waals surface area contributed by atoms with Crippen LogP contribution in [0.25, 0.3) is 0 Å². The van der Waals surface area contributed by atoms with Crippen LogP contribution in [0.2, 0.25) is 0 Å². The van der Waals surface area contributed by atoms with Crippen LogP contribution in [-0.4, -0.2) is 38.5 Å². The quantitative estimate of drug-likeness (QED) is 0.680. The highest BCUT2D eigenvalue weighted by atomic mass is 32.2. The van der Waals surface area contributed by atoms with E-state index in [1.54, 1.807) is 0 Å². The fraction of sp³-hybridized carbons (Fsp3) is 0.500. The number of anilines is 2. The average Bonchev–Trinajstić information content (AvgIpc) is 2.59. The number of carbonyl (C=O) groups is 1. The molecule has 1 aromatic rings. The van der Waals surface area contributed by atoms with Gasteiger partial charge in [-0.15, -0.1) is 0 Å². The van der Waals surface area contributed by atoms with Gasteiger partial charge in [-0.05, 0) is 11.5 Å². The third-order valence-electron chi connectivity index (χ3n) is 1.96. The number of nitrogen functional groups attached to an aromatic ring is 1. The molecule has 0 aliphatic rings. The van der Waals surface area contributed by atoms with Crippen LogP contribution in [0.1, 0.15) is 6.42 Å². The molecule has 0 spiro atoms. The fourth-order valence-corrected chi connectivity index (χ4v) is 3.27. The number of sulfone groups is 1. The first-order chi connectivity index (χ1) is 7.86. The van der Waals surface area contributed by atoms with Gasteiger partial charge >= 0.3 is 0 Å². The van der Waals surface area contributed by atoms with Gasteiger partial charge in [0.2, 0.25) is 5.91 Å². The fourth-order valence-electron chi connectivity index (χ4n) is 1.18. The molecule has 1 rings (SSSR count). The second kappa shape index (κ2) is 5.32. The van der Waals surface area contributed by atoms with Crippen LogP contribution >= 0.6 is 11.5 Å². The summed E-state index contributed by atoms with van der Waals surface area (Å²) in [5.74, 6) is -0.143. The van der Waals surface area contributed by atoms with Gasteiger partial charge in [-0.1, -0.05) is 0 Å². The van der Waals surface area contributed by atoms with Crippen molar-refractivity contribution in [3.8, 4) is 0 Å². The average molecular weight is 278 g/mol. The summed E-state index contributed by atoms with van der Waals surface area (Å²) in [5, 5.41) is 5.68. The minimum absolute atomic E-state index is 0.000549. The third-order valence-corrected chi connectivity index (χ3v) is 4.06. The van der Waals surface area contributed by atoms with Gasteiger partial charge in [0.15, 0.2) is 15.7 Å². The molecule has 0 saturated heterocycles. The molecule has 0 atom stereocenters. The maximum Gasteiger partial charge on any atom is 0.221 e. The molecule has 9 heteroatoms. The molecule has 7 nitrogen and oxygen atoms in total. The van der Waals surface area contributed by atoms with Crippen LogP contribution in [-0.2, 0) is 14.6 Å². The molecule has 0 saturated carbocycles. The third kappa shape index (κ3) is 3.56. The Bertz CT molecular complexity index is 509. The van der Waals surface area contributed by atoms with Gasteiger partial charge in [0, 0.05) is 26.3 Å². The van der Waals surface area contributed by atoms with E-state index in [2.05, 4.69) is 15.0 Å². The molecule has 1 amide bonds. The van der Waals surface area contributed by atoms with E-state index in [0.29, 0.717) is 11.5 Å². The molecule has 0 aliphatic carbocycles. The highest BCUT2D eigenvalue weighted by Gasteiger charge is 2.20. The number of hydrogen-bond acceptors (Lipinski definition) is 7. The Morgan fingerprint density at radius 2 is 2.18 bits per heavy atom. The Morgan fingerprint density at radius 3 is 2.71 bits per heavy atom. The van der Waals surface area contributed by atoms with E-state index in [-0.39, 0.29) is 23.0 Å². The Hall–Kier alpha value is -1.35. The van der Waals surface area contributed by atoms with Crippen molar-refractivity contribution in [3.05, 3.63) is 0 Å². The summed E-state index contributed by atoms with van der Waals surface area (Å²) >= 11 is 0.965. The Balaban J connectivity index is 2.76. The predicted molar refractivity (Wildman–Crippen MR) is 66.8 cm³/mol. The first-order valence-electron chi connectivity index (χ1n) is 4.76. The molecule has 96 valence electrons. The lowest BCUT2D eigenvalue weighted by Crippen LogP contribution is -2.20. The molecule has 17 heavy (non-hydrogen) atoms. The molecule has 1 heterocycles. The summed E-state index contributed by atoms with van der Waals surface area (Å²) in [6, 6.07) is 0. The van der Waals surface area contributed by atoms with Crippen molar-refractivity contribution in [2.45, 2.75) is 11.3 Å². The minimum Gasteiger partial charge on any atom is -0.382 e. The van der Waals surface area contributed by atoms with Gasteiger partial charge in [-0.25, -0.2) is 8.42 Å². The van der Waals surface area contributed by atoms with Crippen molar-refractivity contribution >= 4 is 38.1 Å². The number of carbonyl (C=O) groups excluding carboxylic acids is 1. The predicted octanol–water partition coefficient (Wildman–Crippen LogP) is -0.323. The van der Waals surface area contributed by atoms with E-state index in [0.717, 1.165) is 17.8 Å². The van der Waals surface area contributed by atoms with Crippen molar-refractivity contribution in [2.75, 3.05) is 30.9 Å². The molecule has 0 unspecified atom stereocenters. The number of aromatic nitrogens is 1. The van der Waals surface area contributed by atoms with Crippen molar-refractivity contribution < 1.29 is 13.2 Å². The molecular formula is C8H14N4O3S2. The Morgan fingerprint density at radius 1 is 1.53 bits per heavy atom. The SMILES string of the molecule is CNC(=O)CCNc1snc(N)c1S(C)(=O)=O. The zero-order valence-corrected chi connectivity index (χ0v) is 11.1. The number of amides is 1. The molecular weight excluding hydrogens is 264 g/mol. The van der Waals surface area contributed by atoms with Crippen LogP contribution in [0, 0.1) is 0 Å². The summed E-state index contributed by atoms with van der Waals surface area (Å²) in [6.45, 7) is 0.323. The Kier molecular flexibility index (Phi) is 4.29. The van der Waals surface area contributed by atoms with E-state index in [4.69, 9.17) is 5.73 Å². The van der Waals surface area contributed by atoms with Gasteiger partial charge in [-0.2, -0.15) is 4.37 Å². The van der Waals surface area contributed by atoms with Gasteiger partial charge in [0.05, 0.1) is 0 Å². The molecule has 0 aromatic carbocycles. The van der Waals surface area contributed by atoms with E-state index in [1.807, 2.05) is 0 Å². The molecule has 4 N–H and O–H groups in total. The zero-order valence-electron chi connectivity index (χ0n) is 9.48. The minimum atomic E-state index is -3.42. The highest BCUT2D eigenvalue weighted by molar-refractivity contribution is 7.91. The molecule has 0 fully saturated rings. The largest absolute Gasteiger partial charge is 0.382 e. The lowest BCUT2D eigenvalue weighted by Gasteiger charge is -2.05. The first kappa shape index (κ1) is 13.7. The van der Waals surface area contributed by atoms with Crippen LogP contribution in [0.4, 0.5) is 10.8 Å². The number of nitrogens with two attached hydrogens (primary N) is 1. The number of rotatable bonds is 5. The number of nitrogens with zero attached hydrogens (tertiary/aromatic N) is 1. The molecule has 1 aromatic heterocycles. The highest BCUT2D eigenvalue weighted by Crippen LogP contribution is 2.30. The van der Waals surface area contributed by atoms with Crippen molar-refractivity contribution in [2.24, 2.45) is 0 Å². The second-order valence-corrected chi connectivity index (χ2v) is 6.07. The lowest BCUT2D eigenvalue weighted by molar-refractivity contribution is -0.120. The number of hydrogen-bond donors (Lipinski definition) is 3. The molecule has 0 radical (unpaired) electrons. The second-order valence-electron chi connectivity index (χ2n) is 3.35. The van der Waals surface area contributed by atoms with E-state index in [1.165, 1.54) is 7.05 Å². The standard InChI is InChI=1S/C8H14N4O3S2/c1-10-5(13)3-4-11-8-6(17(2,14)15)7(9)12-16-8/h11H,3-4H2,1-2H3,(H2,9,12)(H,10,13). The van der Waals surface area contributed by atoms with Crippen LogP contribution in [0.3, 0.4) is 0 Å². The van der Waals surface area contributed by atoms with E-state index in [9.17, 15) is 13.2 Å². The first-order valence-corrected chi connectivity index (χ1v) is 7.42.